The summed E-state index contributed by atoms with van der Waals surface area (Å²) in [5, 5.41) is 3.46. The predicted molar refractivity (Wildman–Crippen MR) is 150 cm³/mol. The lowest BCUT2D eigenvalue weighted by molar-refractivity contribution is 0.102. The number of nitrogens with zero attached hydrogens (tertiary/aromatic N) is 4. The second-order valence-corrected chi connectivity index (χ2v) is 13.7. The van der Waals surface area contributed by atoms with Crippen LogP contribution in [0.5, 0.6) is 0 Å². The maximum atomic E-state index is 14.9. The molecule has 1 saturated heterocycles. The van der Waals surface area contributed by atoms with Crippen LogP contribution in [-0.2, 0) is 11.1 Å². The largest absolute Gasteiger partial charge is 0.343 e. The van der Waals surface area contributed by atoms with Crippen molar-refractivity contribution in [3.8, 4) is 11.1 Å². The molecule has 0 spiro atoms. The van der Waals surface area contributed by atoms with Gasteiger partial charge in [-0.05, 0) is 69.7 Å². The maximum Gasteiger partial charge on any atom is 0.255 e. The smallest absolute Gasteiger partial charge is 0.255 e. The molecule has 198 valence electrons. The van der Waals surface area contributed by atoms with Gasteiger partial charge in [-0.15, -0.1) is 0 Å². The van der Waals surface area contributed by atoms with Crippen LogP contribution in [0.3, 0.4) is 0 Å². The van der Waals surface area contributed by atoms with Crippen LogP contribution in [0, 0.1) is 5.82 Å². The van der Waals surface area contributed by atoms with E-state index in [0.29, 0.717) is 45.9 Å². The lowest BCUT2D eigenvalue weighted by atomic mass is 10.0. The number of anilines is 1. The van der Waals surface area contributed by atoms with Crippen molar-refractivity contribution in [2.45, 2.75) is 19.0 Å². The Bertz CT molecular complexity index is 1550. The van der Waals surface area contributed by atoms with Crippen LogP contribution in [0.15, 0.2) is 55.0 Å². The van der Waals surface area contributed by atoms with Gasteiger partial charge in [0.2, 0.25) is 0 Å². The zero-order chi connectivity index (χ0) is 27.0. The normalized spacial score (nSPS) is 16.4. The molecule has 38 heavy (non-hydrogen) atoms. The van der Waals surface area contributed by atoms with Crippen molar-refractivity contribution < 1.29 is 13.8 Å². The van der Waals surface area contributed by atoms with Gasteiger partial charge in [-0.1, -0.05) is 12.1 Å². The molecule has 2 N–H and O–H groups in total. The molecule has 2 aromatic heterocycles. The number of likely N-dealkylation sites (tertiary alicyclic amines) is 1. The van der Waals surface area contributed by atoms with E-state index in [2.05, 4.69) is 44.2 Å². The Morgan fingerprint density at radius 1 is 1.18 bits per heavy atom. The number of hydrogen-bond acceptors (Lipinski definition) is 6. The van der Waals surface area contributed by atoms with Crippen molar-refractivity contribution in [2.75, 3.05) is 45.8 Å². The van der Waals surface area contributed by atoms with E-state index in [1.54, 1.807) is 56.2 Å². The van der Waals surface area contributed by atoms with E-state index in [-0.39, 0.29) is 11.7 Å². The van der Waals surface area contributed by atoms with Gasteiger partial charge in [0, 0.05) is 59.6 Å². The second kappa shape index (κ2) is 10.4. The fourth-order valence-corrected chi connectivity index (χ4v) is 6.14. The number of aromatic nitrogens is 3. The molecule has 0 aliphatic carbocycles. The van der Waals surface area contributed by atoms with Gasteiger partial charge in [0.25, 0.3) is 5.91 Å². The zero-order valence-electron chi connectivity index (χ0n) is 22.0. The van der Waals surface area contributed by atoms with Crippen LogP contribution in [-0.4, -0.2) is 77.2 Å². The van der Waals surface area contributed by atoms with E-state index in [4.69, 9.17) is 0 Å². The summed E-state index contributed by atoms with van der Waals surface area (Å²) in [5.41, 5.74) is 4.07. The zero-order valence-corrected chi connectivity index (χ0v) is 22.9. The highest BCUT2D eigenvalue weighted by Crippen LogP contribution is 2.39. The molecule has 1 atom stereocenters. The van der Waals surface area contributed by atoms with E-state index < -0.39 is 7.14 Å². The summed E-state index contributed by atoms with van der Waals surface area (Å²) >= 11 is 0. The summed E-state index contributed by atoms with van der Waals surface area (Å²) in [7, 11) is 1.48. The van der Waals surface area contributed by atoms with Crippen LogP contribution in [0.1, 0.15) is 22.3 Å². The van der Waals surface area contributed by atoms with Crippen molar-refractivity contribution in [2.24, 2.45) is 0 Å². The first-order valence-corrected chi connectivity index (χ1v) is 15.2. The number of imidazole rings is 1. The molecule has 4 aromatic rings. The number of rotatable bonds is 7. The number of aromatic amines is 1. The van der Waals surface area contributed by atoms with Crippen molar-refractivity contribution in [3.05, 3.63) is 71.9 Å². The van der Waals surface area contributed by atoms with Crippen LogP contribution in [0.25, 0.3) is 22.3 Å². The number of fused-ring (bicyclic) bond motifs is 1. The van der Waals surface area contributed by atoms with Crippen molar-refractivity contribution in [1.29, 1.82) is 0 Å². The third-order valence-electron chi connectivity index (χ3n) is 7.11. The Balaban J connectivity index is 1.36. The quantitative estimate of drug-likeness (QED) is 0.342. The molecule has 0 radical (unpaired) electrons. The number of carbonyl (C=O) groups is 1. The first-order valence-electron chi connectivity index (χ1n) is 12.6. The summed E-state index contributed by atoms with van der Waals surface area (Å²) in [4.78, 5) is 29.2. The van der Waals surface area contributed by atoms with Gasteiger partial charge >= 0.3 is 0 Å². The van der Waals surface area contributed by atoms with Gasteiger partial charge in [-0.25, -0.2) is 14.4 Å². The molecule has 3 heterocycles. The summed E-state index contributed by atoms with van der Waals surface area (Å²) in [6.45, 7) is 5.78. The van der Waals surface area contributed by atoms with Crippen LogP contribution >= 0.6 is 7.14 Å². The molecule has 1 aliphatic heterocycles. The van der Waals surface area contributed by atoms with Crippen LogP contribution < -0.4 is 10.6 Å². The minimum atomic E-state index is -2.66. The Labute approximate surface area is 221 Å². The summed E-state index contributed by atoms with van der Waals surface area (Å²) in [5.74, 6) is -0.722. The average molecular weight is 535 g/mol. The highest BCUT2D eigenvalue weighted by atomic mass is 31.2. The number of nitrogens with one attached hydrogen (secondary N) is 2. The number of carbonyl (C=O) groups excluding carboxylic acids is 1. The summed E-state index contributed by atoms with van der Waals surface area (Å²) < 4.78 is 28.0. The SMILES string of the molecule is CN(C)[C@@H]1CCN(Cc2ccc(NC(=O)c3ccc(P(C)(C)=O)c(-c4cnc5nc[nH]c5c4)c3)cc2F)C1. The molecule has 2 aromatic carbocycles. The second-order valence-electron chi connectivity index (χ2n) is 10.5. The number of H-pyrrole nitrogens is 1. The standard InChI is InChI=1S/C28H32FN6O2P/c1-34(2)22-9-10-35(16-22)15-19-5-7-21(13-24(19)29)33-28(36)18-6-8-26(38(3,4)37)23(11-18)20-12-25-27(30-14-20)32-17-31-25/h5-8,11-14,17,22H,9-10,15-16H2,1-4H3,(H,33,36)(H,30,31,32)/t22-/m1/s1. The fourth-order valence-electron chi connectivity index (χ4n) is 4.93. The first-order chi connectivity index (χ1) is 18.1. The molecule has 1 amide bonds. The Morgan fingerprint density at radius 2 is 2.00 bits per heavy atom. The van der Waals surface area contributed by atoms with Crippen molar-refractivity contribution in [1.82, 2.24) is 24.8 Å². The van der Waals surface area contributed by atoms with E-state index in [1.165, 1.54) is 6.07 Å². The molecule has 0 saturated carbocycles. The third-order valence-corrected chi connectivity index (χ3v) is 8.66. The highest BCUT2D eigenvalue weighted by Gasteiger charge is 2.25. The molecular weight excluding hydrogens is 502 g/mol. The van der Waals surface area contributed by atoms with Gasteiger partial charge in [0.1, 0.15) is 13.0 Å². The van der Waals surface area contributed by atoms with Crippen LogP contribution in [0.4, 0.5) is 10.1 Å². The average Bonchev–Trinajstić information content (AvgIpc) is 3.54. The molecule has 0 unspecified atom stereocenters. The number of amides is 1. The Kier molecular flexibility index (Phi) is 7.18. The Hall–Kier alpha value is -3.39. The number of hydrogen-bond donors (Lipinski definition) is 2. The van der Waals surface area contributed by atoms with Gasteiger partial charge in [0.15, 0.2) is 5.65 Å². The highest BCUT2D eigenvalue weighted by molar-refractivity contribution is 7.70. The molecular formula is C28H32FN6O2P. The number of likely N-dealkylation sites (N-methyl/N-ethyl adjacent to an activating group) is 1. The molecule has 1 fully saturated rings. The fraction of sp³-hybridized carbons (Fsp3) is 0.321. The van der Waals surface area contributed by atoms with Crippen LogP contribution in [0.2, 0.25) is 0 Å². The topological polar surface area (TPSA) is 94.2 Å². The molecule has 5 rings (SSSR count). The van der Waals surface area contributed by atoms with Gasteiger partial charge in [-0.2, -0.15) is 0 Å². The molecule has 0 bridgehead atoms. The minimum absolute atomic E-state index is 0.344. The molecule has 10 heteroatoms. The van der Waals surface area contributed by atoms with Gasteiger partial charge in [-0.3, -0.25) is 9.69 Å². The number of pyridine rings is 1. The van der Waals surface area contributed by atoms with E-state index in [9.17, 15) is 13.8 Å². The first kappa shape index (κ1) is 26.2. The monoisotopic (exact) mass is 534 g/mol. The van der Waals surface area contributed by atoms with E-state index >= 15 is 0 Å². The number of halogens is 1. The maximum absolute atomic E-state index is 14.9. The lowest BCUT2D eigenvalue weighted by Crippen LogP contribution is -2.31. The van der Waals surface area contributed by atoms with Crippen molar-refractivity contribution in [3.63, 3.8) is 0 Å². The lowest BCUT2D eigenvalue weighted by Gasteiger charge is -2.20. The van der Waals surface area contributed by atoms with E-state index in [1.807, 2.05) is 6.07 Å². The summed E-state index contributed by atoms with van der Waals surface area (Å²) in [6.07, 6.45) is 4.29. The van der Waals surface area contributed by atoms with Gasteiger partial charge < -0.3 is 19.8 Å². The van der Waals surface area contributed by atoms with Gasteiger partial charge in [0.05, 0.1) is 11.8 Å². The molecule has 8 nitrogen and oxygen atoms in total. The third kappa shape index (κ3) is 5.55. The van der Waals surface area contributed by atoms with E-state index in [0.717, 1.165) is 30.6 Å². The Morgan fingerprint density at radius 3 is 2.71 bits per heavy atom. The van der Waals surface area contributed by atoms with Crippen molar-refractivity contribution >= 4 is 35.2 Å². The molecule has 1 aliphatic rings. The minimum Gasteiger partial charge on any atom is -0.343 e. The number of benzene rings is 2. The summed E-state index contributed by atoms with van der Waals surface area (Å²) in [6, 6.07) is 12.3. The predicted octanol–water partition coefficient (Wildman–Crippen LogP) is 4.40.